The molecule has 0 aliphatic heterocycles. The summed E-state index contributed by atoms with van der Waals surface area (Å²) in [5.74, 6) is 2.77. The molecule has 0 amide bonds. The first-order valence-electron chi connectivity index (χ1n) is 10.2. The number of hydrogen-bond donors (Lipinski definition) is 0. The van der Waals surface area contributed by atoms with Gasteiger partial charge in [-0.05, 0) is 74.3 Å². The van der Waals surface area contributed by atoms with Gasteiger partial charge in [0.2, 0.25) is 0 Å². The zero-order chi connectivity index (χ0) is 18.1. The van der Waals surface area contributed by atoms with Gasteiger partial charge in [0.25, 0.3) is 0 Å². The first kappa shape index (κ1) is 17.5. The second kappa shape index (κ2) is 7.39. The Hall–Kier alpha value is -1.89. The van der Waals surface area contributed by atoms with Crippen molar-refractivity contribution < 1.29 is 4.79 Å². The minimum Gasteiger partial charge on any atom is -0.300 e. The minimum atomic E-state index is 0.431. The maximum Gasteiger partial charge on any atom is 0.134 e. The van der Waals surface area contributed by atoms with Crippen molar-refractivity contribution in [3.63, 3.8) is 0 Å². The summed E-state index contributed by atoms with van der Waals surface area (Å²) < 4.78 is 0. The molecule has 1 nitrogen and oxygen atoms in total. The van der Waals surface area contributed by atoms with E-state index < -0.39 is 0 Å². The summed E-state index contributed by atoms with van der Waals surface area (Å²) >= 11 is 0. The largest absolute Gasteiger partial charge is 0.300 e. The van der Waals surface area contributed by atoms with Gasteiger partial charge in [0.05, 0.1) is 0 Å². The van der Waals surface area contributed by atoms with Crippen LogP contribution in [0, 0.1) is 25.7 Å². The van der Waals surface area contributed by atoms with Gasteiger partial charge in [-0.1, -0.05) is 59.7 Å². The molecule has 0 saturated heterocycles. The van der Waals surface area contributed by atoms with Crippen LogP contribution >= 0.6 is 0 Å². The van der Waals surface area contributed by atoms with E-state index in [2.05, 4.69) is 62.4 Å². The minimum absolute atomic E-state index is 0.431. The summed E-state index contributed by atoms with van der Waals surface area (Å²) in [5.41, 5.74) is 5.32. The van der Waals surface area contributed by atoms with E-state index >= 15 is 0 Å². The number of carbonyl (C=O) groups is 1. The van der Waals surface area contributed by atoms with E-state index in [0.717, 1.165) is 24.7 Å². The lowest BCUT2D eigenvalue weighted by Crippen LogP contribution is -2.14. The van der Waals surface area contributed by atoms with Gasteiger partial charge in [-0.15, -0.1) is 0 Å². The summed E-state index contributed by atoms with van der Waals surface area (Å²) in [7, 11) is 0. The Balaban J connectivity index is 1.45. The first-order valence-corrected chi connectivity index (χ1v) is 10.2. The molecule has 4 rings (SSSR count). The average Bonchev–Trinajstić information content (AvgIpc) is 3.53. The van der Waals surface area contributed by atoms with Gasteiger partial charge in [-0.2, -0.15) is 0 Å². The van der Waals surface area contributed by atoms with Crippen LogP contribution in [-0.4, -0.2) is 5.78 Å². The molecule has 1 heteroatoms. The normalized spacial score (nSPS) is 19.2. The Kier molecular flexibility index (Phi) is 4.98. The highest BCUT2D eigenvalue weighted by atomic mass is 16.1. The lowest BCUT2D eigenvalue weighted by atomic mass is 9.83. The van der Waals surface area contributed by atoms with E-state index in [1.54, 1.807) is 0 Å². The van der Waals surface area contributed by atoms with Crippen molar-refractivity contribution in [1.29, 1.82) is 0 Å². The van der Waals surface area contributed by atoms with Crippen LogP contribution in [0.4, 0.5) is 0 Å². The van der Waals surface area contributed by atoms with E-state index in [-0.39, 0.29) is 0 Å². The van der Waals surface area contributed by atoms with Crippen LogP contribution in [0.3, 0.4) is 0 Å². The third kappa shape index (κ3) is 4.26. The van der Waals surface area contributed by atoms with Crippen LogP contribution in [0.25, 0.3) is 0 Å². The smallest absolute Gasteiger partial charge is 0.134 e. The molecule has 0 N–H and O–H groups in total. The summed E-state index contributed by atoms with van der Waals surface area (Å²) in [6.45, 7) is 4.26. The van der Waals surface area contributed by atoms with Gasteiger partial charge in [0.15, 0.2) is 0 Å². The fourth-order valence-corrected chi connectivity index (χ4v) is 4.31. The van der Waals surface area contributed by atoms with Crippen LogP contribution in [0.1, 0.15) is 72.6 Å². The first-order chi connectivity index (χ1) is 12.6. The van der Waals surface area contributed by atoms with Gasteiger partial charge in [0, 0.05) is 12.8 Å². The molecule has 2 atom stereocenters. The topological polar surface area (TPSA) is 17.1 Å². The van der Waals surface area contributed by atoms with Gasteiger partial charge >= 0.3 is 0 Å². The van der Waals surface area contributed by atoms with Crippen LogP contribution in [-0.2, 0) is 4.79 Å². The van der Waals surface area contributed by atoms with Crippen molar-refractivity contribution in [2.45, 2.75) is 64.2 Å². The molecule has 2 aliphatic rings. The Bertz CT molecular complexity index is 682. The molecule has 0 spiro atoms. The van der Waals surface area contributed by atoms with Gasteiger partial charge in [0.1, 0.15) is 5.78 Å². The fourth-order valence-electron chi connectivity index (χ4n) is 4.31. The molecule has 0 unspecified atom stereocenters. The number of ketones is 1. The van der Waals surface area contributed by atoms with Crippen molar-refractivity contribution in [1.82, 2.24) is 0 Å². The average molecular weight is 347 g/mol. The maximum atomic E-state index is 13.0. The third-order valence-corrected chi connectivity index (χ3v) is 6.29. The van der Waals surface area contributed by atoms with Crippen LogP contribution in [0.5, 0.6) is 0 Å². The monoisotopic (exact) mass is 346 g/mol. The standard InChI is InChI=1S/C25H30O/c1-17-3-7-19(8-4-17)24(21-11-12-21)15-23(26)16-25(22-13-14-22)20-9-5-18(2)6-10-20/h3-10,21-22,24-25H,11-16H2,1-2H3/t24-,25-/m0/s1. The Labute approximate surface area is 157 Å². The van der Waals surface area contributed by atoms with E-state index in [0.29, 0.717) is 17.6 Å². The lowest BCUT2D eigenvalue weighted by Gasteiger charge is -2.20. The van der Waals surface area contributed by atoms with Crippen LogP contribution in [0.2, 0.25) is 0 Å². The van der Waals surface area contributed by atoms with E-state index in [1.165, 1.54) is 47.9 Å². The fraction of sp³-hybridized carbons (Fsp3) is 0.480. The zero-order valence-electron chi connectivity index (χ0n) is 16.1. The summed E-state index contributed by atoms with van der Waals surface area (Å²) in [6, 6.07) is 17.7. The Morgan fingerprint density at radius 2 is 1.08 bits per heavy atom. The second-order valence-electron chi connectivity index (χ2n) is 8.66. The van der Waals surface area contributed by atoms with Gasteiger partial charge in [-0.3, -0.25) is 4.79 Å². The molecule has 2 saturated carbocycles. The molecule has 0 bridgehead atoms. The number of Topliss-reactive ketones (excluding diaryl/α,β-unsaturated/α-hetero) is 1. The van der Waals surface area contributed by atoms with Crippen molar-refractivity contribution >= 4 is 5.78 Å². The molecule has 136 valence electrons. The number of benzene rings is 2. The summed E-state index contributed by atoms with van der Waals surface area (Å²) in [4.78, 5) is 13.0. The molecule has 2 aliphatic carbocycles. The highest BCUT2D eigenvalue weighted by Crippen LogP contribution is 2.47. The SMILES string of the molecule is Cc1ccc([C@H](CC(=O)C[C@@H](c2ccc(C)cc2)C2CC2)C2CC2)cc1. The molecule has 0 heterocycles. The number of carbonyl (C=O) groups excluding carboxylic acids is 1. The predicted molar refractivity (Wildman–Crippen MR) is 108 cm³/mol. The van der Waals surface area contributed by atoms with Crippen LogP contribution in [0.15, 0.2) is 48.5 Å². The second-order valence-corrected chi connectivity index (χ2v) is 8.66. The Morgan fingerprint density at radius 1 is 0.731 bits per heavy atom. The van der Waals surface area contributed by atoms with Gasteiger partial charge < -0.3 is 0 Å². The number of aryl methyl sites for hydroxylation is 2. The highest BCUT2D eigenvalue weighted by molar-refractivity contribution is 5.80. The van der Waals surface area contributed by atoms with E-state index in [9.17, 15) is 4.79 Å². The third-order valence-electron chi connectivity index (χ3n) is 6.29. The van der Waals surface area contributed by atoms with E-state index in [1.807, 2.05) is 0 Å². The van der Waals surface area contributed by atoms with E-state index in [4.69, 9.17) is 0 Å². The molecule has 2 aromatic rings. The summed E-state index contributed by atoms with van der Waals surface area (Å²) in [5, 5.41) is 0. The molecular weight excluding hydrogens is 316 g/mol. The van der Waals surface area contributed by atoms with Crippen molar-refractivity contribution in [2.24, 2.45) is 11.8 Å². The lowest BCUT2D eigenvalue weighted by molar-refractivity contribution is -0.120. The molecule has 0 radical (unpaired) electrons. The van der Waals surface area contributed by atoms with Crippen molar-refractivity contribution in [3.05, 3.63) is 70.8 Å². The molecule has 0 aromatic heterocycles. The quantitative estimate of drug-likeness (QED) is 0.545. The van der Waals surface area contributed by atoms with Gasteiger partial charge in [-0.25, -0.2) is 0 Å². The number of hydrogen-bond acceptors (Lipinski definition) is 1. The zero-order valence-corrected chi connectivity index (χ0v) is 16.1. The Morgan fingerprint density at radius 3 is 1.38 bits per heavy atom. The summed E-state index contributed by atoms with van der Waals surface area (Å²) in [6.07, 6.45) is 6.60. The molecule has 2 fully saturated rings. The van der Waals surface area contributed by atoms with Crippen molar-refractivity contribution in [3.8, 4) is 0 Å². The molecular formula is C25H30O. The maximum absolute atomic E-state index is 13.0. The molecule has 26 heavy (non-hydrogen) atoms. The molecule has 2 aromatic carbocycles. The number of rotatable bonds is 8. The highest BCUT2D eigenvalue weighted by Gasteiger charge is 2.37. The van der Waals surface area contributed by atoms with Crippen molar-refractivity contribution in [2.75, 3.05) is 0 Å². The van der Waals surface area contributed by atoms with Crippen LogP contribution < -0.4 is 0 Å². The predicted octanol–water partition coefficient (Wildman–Crippen LogP) is 6.34.